The van der Waals surface area contributed by atoms with Crippen LogP contribution in [0, 0.1) is 0 Å². The second-order valence-electron chi connectivity index (χ2n) is 7.16. The van der Waals surface area contributed by atoms with Crippen LogP contribution >= 0.6 is 24.4 Å². The topological polar surface area (TPSA) is 104 Å². The molecule has 0 aliphatic carbocycles. The molecule has 4 heterocycles. The lowest BCUT2D eigenvalue weighted by molar-refractivity contribution is 1.37. The van der Waals surface area contributed by atoms with E-state index in [1.807, 2.05) is 24.3 Å². The van der Waals surface area contributed by atoms with Gasteiger partial charge in [0.05, 0.1) is 22.1 Å². The Labute approximate surface area is 206 Å². The number of benzene rings is 2. The Kier molecular flexibility index (Phi) is 7.22. The molecule has 0 saturated heterocycles. The Morgan fingerprint density at radius 3 is 0.882 bits per heavy atom. The van der Waals surface area contributed by atoms with E-state index in [4.69, 9.17) is 11.5 Å². The highest BCUT2D eigenvalue weighted by atomic mass is 32.1. The Balaban J connectivity index is 0.000000132. The van der Waals surface area contributed by atoms with E-state index in [1.165, 1.54) is 0 Å². The lowest BCUT2D eigenvalue weighted by Gasteiger charge is -2.00. The summed E-state index contributed by atoms with van der Waals surface area (Å²) in [5, 5.41) is 4.55. The summed E-state index contributed by atoms with van der Waals surface area (Å²) in [5.41, 5.74) is 13.7. The van der Waals surface area contributed by atoms with Gasteiger partial charge >= 0.3 is 0 Å². The molecule has 34 heavy (non-hydrogen) atoms. The molecule has 8 heteroatoms. The van der Waals surface area contributed by atoms with E-state index in [0.29, 0.717) is 0 Å². The van der Waals surface area contributed by atoms with Crippen LogP contribution in [0.2, 0.25) is 0 Å². The van der Waals surface area contributed by atoms with E-state index in [0.717, 1.165) is 43.6 Å². The summed E-state index contributed by atoms with van der Waals surface area (Å²) in [4.78, 5) is 17.6. The Bertz CT molecular complexity index is 1400. The van der Waals surface area contributed by atoms with Gasteiger partial charge in [0, 0.05) is 46.3 Å². The number of hydrogen-bond donors (Lipinski definition) is 2. The van der Waals surface area contributed by atoms with E-state index in [9.17, 15) is 0 Å². The zero-order valence-corrected chi connectivity index (χ0v) is 19.6. The molecule has 0 fully saturated rings. The van der Waals surface area contributed by atoms with Crippen LogP contribution < -0.4 is 11.5 Å². The fraction of sp³-hybridized carbons (Fsp3) is 0. The molecular formula is C26H20N6S2. The van der Waals surface area contributed by atoms with Gasteiger partial charge in [-0.2, -0.15) is 0 Å². The molecule has 0 aliphatic heterocycles. The Hall–Kier alpha value is -4.14. The van der Waals surface area contributed by atoms with E-state index < -0.39 is 0 Å². The maximum atomic E-state index is 4.90. The molecule has 0 spiro atoms. The molecule has 4 N–H and O–H groups in total. The van der Waals surface area contributed by atoms with Crippen molar-refractivity contribution < 1.29 is 0 Å². The monoisotopic (exact) mass is 480 g/mol. The van der Waals surface area contributed by atoms with Crippen molar-refractivity contribution in [3.8, 4) is 0 Å². The van der Waals surface area contributed by atoms with Crippen molar-refractivity contribution in [1.29, 1.82) is 0 Å². The average molecular weight is 481 g/mol. The van der Waals surface area contributed by atoms with E-state index in [-0.39, 0.29) is 9.98 Å². The van der Waals surface area contributed by atoms with Crippen LogP contribution in [0.25, 0.3) is 43.6 Å². The van der Waals surface area contributed by atoms with Crippen LogP contribution in [-0.4, -0.2) is 29.9 Å². The first-order valence-corrected chi connectivity index (χ1v) is 11.1. The molecule has 0 unspecified atom stereocenters. The van der Waals surface area contributed by atoms with Gasteiger partial charge < -0.3 is 11.5 Å². The van der Waals surface area contributed by atoms with Crippen LogP contribution in [0.1, 0.15) is 0 Å². The van der Waals surface area contributed by atoms with Crippen LogP contribution in [0.4, 0.5) is 0 Å². The smallest absolute Gasteiger partial charge is 0.131 e. The van der Waals surface area contributed by atoms with E-state index in [1.54, 1.807) is 24.8 Å². The van der Waals surface area contributed by atoms with Crippen molar-refractivity contribution in [2.45, 2.75) is 0 Å². The lowest BCUT2D eigenvalue weighted by Crippen LogP contribution is -2.26. The standard InChI is InChI=1S/2C12H8N2.C2H4N2S2/c2*1-3-9-5-6-10-4-2-8-14-12(10)11(9)13-7-1;3-1(5)2(4)6/h2*1-8H;(H2,3,5)(H2,4,6). The van der Waals surface area contributed by atoms with Crippen LogP contribution in [0.5, 0.6) is 0 Å². The third kappa shape index (κ3) is 5.25. The number of pyridine rings is 4. The molecule has 0 atom stereocenters. The third-order valence-corrected chi connectivity index (χ3v) is 5.50. The van der Waals surface area contributed by atoms with Crippen molar-refractivity contribution >= 4 is 78.0 Å². The second kappa shape index (κ2) is 10.7. The first kappa shape index (κ1) is 23.0. The highest BCUT2D eigenvalue weighted by Gasteiger charge is 2.01. The predicted octanol–water partition coefficient (Wildman–Crippen LogP) is 5.12. The first-order valence-electron chi connectivity index (χ1n) is 10.3. The number of hydrogen-bond acceptors (Lipinski definition) is 6. The van der Waals surface area contributed by atoms with Gasteiger partial charge in [0.25, 0.3) is 0 Å². The number of nitrogens with two attached hydrogens (primary N) is 2. The molecule has 0 aliphatic rings. The van der Waals surface area contributed by atoms with Crippen molar-refractivity contribution in [2.24, 2.45) is 11.5 Å². The summed E-state index contributed by atoms with van der Waals surface area (Å²) in [5.74, 6) is 0. The largest absolute Gasteiger partial charge is 0.388 e. The number of fused-ring (bicyclic) bond motifs is 6. The van der Waals surface area contributed by atoms with Crippen LogP contribution in [-0.2, 0) is 0 Å². The summed E-state index contributed by atoms with van der Waals surface area (Å²) in [6, 6.07) is 24.3. The summed E-state index contributed by atoms with van der Waals surface area (Å²) in [6.07, 6.45) is 7.21. The molecule has 0 saturated carbocycles. The minimum atomic E-state index is 0.102. The summed E-state index contributed by atoms with van der Waals surface area (Å²) in [7, 11) is 0. The number of nitrogens with zero attached hydrogens (tertiary/aromatic N) is 4. The Morgan fingerprint density at radius 2 is 0.676 bits per heavy atom. The highest BCUT2D eigenvalue weighted by molar-refractivity contribution is 7.89. The van der Waals surface area contributed by atoms with Gasteiger partial charge in [-0.3, -0.25) is 19.9 Å². The zero-order valence-electron chi connectivity index (χ0n) is 18.0. The zero-order chi connectivity index (χ0) is 23.9. The van der Waals surface area contributed by atoms with Gasteiger partial charge in [-0.05, 0) is 24.3 Å². The first-order chi connectivity index (χ1) is 16.5. The molecule has 0 radical (unpaired) electrons. The molecular weight excluding hydrogens is 460 g/mol. The van der Waals surface area contributed by atoms with Gasteiger partial charge in [-0.25, -0.2) is 0 Å². The van der Waals surface area contributed by atoms with Gasteiger partial charge in [-0.1, -0.05) is 73.0 Å². The summed E-state index contributed by atoms with van der Waals surface area (Å²) in [6.45, 7) is 0. The molecule has 2 aromatic carbocycles. The molecule has 166 valence electrons. The van der Waals surface area contributed by atoms with Crippen molar-refractivity contribution in [3.63, 3.8) is 0 Å². The Morgan fingerprint density at radius 1 is 0.441 bits per heavy atom. The summed E-state index contributed by atoms with van der Waals surface area (Å²) >= 11 is 8.66. The minimum Gasteiger partial charge on any atom is -0.388 e. The van der Waals surface area contributed by atoms with Crippen LogP contribution in [0.15, 0.2) is 97.6 Å². The molecule has 6 rings (SSSR count). The molecule has 0 bridgehead atoms. The molecule has 0 amide bonds. The number of aromatic nitrogens is 4. The number of thiocarbonyl (C=S) groups is 2. The fourth-order valence-electron chi connectivity index (χ4n) is 3.36. The number of rotatable bonds is 0. The highest BCUT2D eigenvalue weighted by Crippen LogP contribution is 2.21. The average Bonchev–Trinajstić information content (AvgIpc) is 2.89. The fourth-order valence-corrected chi connectivity index (χ4v) is 3.36. The molecule has 4 aromatic heterocycles. The SMILES string of the molecule is NC(=S)C(N)=S.c1cnc2c(c1)ccc1cccnc12.c1cnc2c(c1)ccc1cccnc12. The van der Waals surface area contributed by atoms with Gasteiger partial charge in [0.1, 0.15) is 9.98 Å². The normalized spacial score (nSPS) is 10.2. The molecule has 6 aromatic rings. The van der Waals surface area contributed by atoms with Gasteiger partial charge in [0.2, 0.25) is 0 Å². The van der Waals surface area contributed by atoms with E-state index in [2.05, 4.69) is 92.9 Å². The maximum Gasteiger partial charge on any atom is 0.131 e. The van der Waals surface area contributed by atoms with Crippen molar-refractivity contribution in [1.82, 2.24) is 19.9 Å². The quantitative estimate of drug-likeness (QED) is 0.228. The second-order valence-corrected chi connectivity index (χ2v) is 8.04. The predicted molar refractivity (Wildman–Crippen MR) is 148 cm³/mol. The van der Waals surface area contributed by atoms with E-state index >= 15 is 0 Å². The van der Waals surface area contributed by atoms with Crippen molar-refractivity contribution in [3.05, 3.63) is 97.6 Å². The third-order valence-electron chi connectivity index (χ3n) is 4.93. The maximum absolute atomic E-state index is 4.90. The van der Waals surface area contributed by atoms with Gasteiger partial charge in [-0.15, -0.1) is 0 Å². The van der Waals surface area contributed by atoms with Gasteiger partial charge in [0.15, 0.2) is 0 Å². The van der Waals surface area contributed by atoms with Crippen molar-refractivity contribution in [2.75, 3.05) is 0 Å². The lowest BCUT2D eigenvalue weighted by atomic mass is 10.1. The molecule has 6 nitrogen and oxygen atoms in total. The van der Waals surface area contributed by atoms with Crippen LogP contribution in [0.3, 0.4) is 0 Å². The summed E-state index contributed by atoms with van der Waals surface area (Å²) < 4.78 is 0. The minimum absolute atomic E-state index is 0.102.